The second-order valence-electron chi connectivity index (χ2n) is 8.07. The van der Waals surface area contributed by atoms with Gasteiger partial charge in [-0.2, -0.15) is 0 Å². The number of carbonyl (C=O) groups is 3. The molecule has 176 valence electrons. The van der Waals surface area contributed by atoms with Crippen LogP contribution in [0.1, 0.15) is 43.2 Å². The van der Waals surface area contributed by atoms with Gasteiger partial charge in [-0.3, -0.25) is 4.79 Å². The van der Waals surface area contributed by atoms with E-state index in [2.05, 4.69) is 22.8 Å². The van der Waals surface area contributed by atoms with Crippen LogP contribution in [0.25, 0.3) is 11.1 Å². The quantitative estimate of drug-likeness (QED) is 0.480. The molecule has 0 fully saturated rings. The number of hydrogen-bond donors (Lipinski definition) is 3. The van der Waals surface area contributed by atoms with E-state index in [1.165, 1.54) is 7.11 Å². The zero-order valence-corrected chi connectivity index (χ0v) is 18.9. The summed E-state index contributed by atoms with van der Waals surface area (Å²) in [7, 11) is 1.36. The molecule has 0 radical (unpaired) electrons. The average Bonchev–Trinajstić information content (AvgIpc) is 3.11. The Morgan fingerprint density at radius 1 is 1.00 bits per heavy atom. The smallest absolute Gasteiger partial charge is 0.407 e. The van der Waals surface area contributed by atoms with Crippen molar-refractivity contribution in [1.82, 2.24) is 10.6 Å². The third kappa shape index (κ3) is 6.10. The fourth-order valence-electron chi connectivity index (χ4n) is 4.20. The van der Waals surface area contributed by atoms with Crippen LogP contribution in [-0.2, 0) is 19.1 Å². The second-order valence-corrected chi connectivity index (χ2v) is 8.07. The predicted molar refractivity (Wildman–Crippen MR) is 123 cm³/mol. The number of carbonyl (C=O) groups excluding carboxylic acids is 2. The number of methoxy groups -OCH3 is 1. The third-order valence-corrected chi connectivity index (χ3v) is 5.70. The van der Waals surface area contributed by atoms with Crippen LogP contribution in [0.15, 0.2) is 48.5 Å². The molecule has 3 N–H and O–H groups in total. The molecule has 33 heavy (non-hydrogen) atoms. The highest BCUT2D eigenvalue weighted by atomic mass is 16.5. The summed E-state index contributed by atoms with van der Waals surface area (Å²) in [6, 6.07) is 14.6. The second kappa shape index (κ2) is 11.5. The first-order valence-corrected chi connectivity index (χ1v) is 11.1. The number of carboxylic acid groups (broad SMARTS) is 1. The SMILES string of the molecule is CCC[C@@H](CC(=O)NC(COC)C(=O)O)NC(=O)OCC1c2ccccc2-c2ccccc21. The molecule has 1 unspecified atom stereocenters. The number of hydrogen-bond acceptors (Lipinski definition) is 5. The number of rotatable bonds is 11. The van der Waals surface area contributed by atoms with E-state index in [-0.39, 0.29) is 25.6 Å². The maximum absolute atomic E-state index is 12.5. The van der Waals surface area contributed by atoms with Gasteiger partial charge >= 0.3 is 12.1 Å². The Balaban J connectivity index is 1.58. The normalized spacial score (nSPS) is 14.0. The lowest BCUT2D eigenvalue weighted by molar-refractivity contribution is -0.143. The number of benzene rings is 2. The van der Waals surface area contributed by atoms with Crippen molar-refractivity contribution < 1.29 is 29.0 Å². The van der Waals surface area contributed by atoms with Crippen molar-refractivity contribution in [2.45, 2.75) is 44.2 Å². The van der Waals surface area contributed by atoms with E-state index in [1.54, 1.807) is 0 Å². The summed E-state index contributed by atoms with van der Waals surface area (Å²) in [5.41, 5.74) is 4.53. The van der Waals surface area contributed by atoms with Crippen molar-refractivity contribution in [3.05, 3.63) is 59.7 Å². The van der Waals surface area contributed by atoms with Gasteiger partial charge in [0.25, 0.3) is 0 Å². The molecular weight excluding hydrogens is 424 g/mol. The summed E-state index contributed by atoms with van der Waals surface area (Å²) in [6.45, 7) is 1.98. The van der Waals surface area contributed by atoms with Gasteiger partial charge in [0.15, 0.2) is 6.04 Å². The summed E-state index contributed by atoms with van der Waals surface area (Å²) in [6.07, 6.45) is 0.641. The number of amides is 2. The number of aliphatic carboxylic acids is 1. The summed E-state index contributed by atoms with van der Waals surface area (Å²) in [5, 5.41) is 14.3. The Labute approximate surface area is 193 Å². The van der Waals surface area contributed by atoms with Crippen LogP contribution in [0.5, 0.6) is 0 Å². The minimum Gasteiger partial charge on any atom is -0.480 e. The van der Waals surface area contributed by atoms with Crippen molar-refractivity contribution in [3.8, 4) is 11.1 Å². The Hall–Kier alpha value is -3.39. The molecule has 1 aliphatic rings. The monoisotopic (exact) mass is 454 g/mol. The lowest BCUT2D eigenvalue weighted by atomic mass is 9.98. The van der Waals surface area contributed by atoms with Gasteiger partial charge in [-0.1, -0.05) is 61.9 Å². The van der Waals surface area contributed by atoms with E-state index in [9.17, 15) is 14.4 Å². The molecule has 1 aliphatic carbocycles. The topological polar surface area (TPSA) is 114 Å². The number of fused-ring (bicyclic) bond motifs is 3. The molecule has 3 rings (SSSR count). The summed E-state index contributed by atoms with van der Waals surface area (Å²) >= 11 is 0. The van der Waals surface area contributed by atoms with Crippen LogP contribution in [-0.4, -0.2) is 55.5 Å². The fraction of sp³-hybridized carbons (Fsp3) is 0.400. The molecule has 0 bridgehead atoms. The van der Waals surface area contributed by atoms with Crippen LogP contribution >= 0.6 is 0 Å². The zero-order chi connectivity index (χ0) is 23.8. The van der Waals surface area contributed by atoms with Crippen LogP contribution < -0.4 is 10.6 Å². The molecule has 2 aromatic rings. The van der Waals surface area contributed by atoms with Crippen LogP contribution in [0.3, 0.4) is 0 Å². The zero-order valence-electron chi connectivity index (χ0n) is 18.9. The summed E-state index contributed by atoms with van der Waals surface area (Å²) < 4.78 is 10.4. The Bertz CT molecular complexity index is 947. The summed E-state index contributed by atoms with van der Waals surface area (Å²) in [4.78, 5) is 36.1. The van der Waals surface area contributed by atoms with Gasteiger partial charge in [-0.15, -0.1) is 0 Å². The van der Waals surface area contributed by atoms with Gasteiger partial charge in [-0.25, -0.2) is 9.59 Å². The van der Waals surface area contributed by atoms with E-state index in [0.717, 1.165) is 28.7 Å². The number of nitrogens with one attached hydrogen (secondary N) is 2. The highest BCUT2D eigenvalue weighted by Gasteiger charge is 2.29. The van der Waals surface area contributed by atoms with Gasteiger partial charge in [0.05, 0.1) is 6.61 Å². The first-order chi connectivity index (χ1) is 15.9. The first kappa shape index (κ1) is 24.3. The van der Waals surface area contributed by atoms with Crippen LogP contribution in [0, 0.1) is 0 Å². The lowest BCUT2D eigenvalue weighted by Crippen LogP contribution is -2.46. The summed E-state index contributed by atoms with van der Waals surface area (Å²) in [5.74, 6) is -1.71. The highest BCUT2D eigenvalue weighted by molar-refractivity contribution is 5.84. The molecule has 0 spiro atoms. The molecule has 0 saturated carbocycles. The Kier molecular flexibility index (Phi) is 8.43. The number of ether oxygens (including phenoxy) is 2. The molecule has 2 amide bonds. The highest BCUT2D eigenvalue weighted by Crippen LogP contribution is 2.44. The van der Waals surface area contributed by atoms with E-state index in [1.807, 2.05) is 43.3 Å². The van der Waals surface area contributed by atoms with Gasteiger partial charge < -0.3 is 25.2 Å². The van der Waals surface area contributed by atoms with Gasteiger partial charge in [0, 0.05) is 25.5 Å². The van der Waals surface area contributed by atoms with Gasteiger partial charge in [0.1, 0.15) is 6.61 Å². The van der Waals surface area contributed by atoms with Crippen molar-refractivity contribution in [1.29, 1.82) is 0 Å². The average molecular weight is 455 g/mol. The van der Waals surface area contributed by atoms with Gasteiger partial charge in [-0.05, 0) is 28.7 Å². The van der Waals surface area contributed by atoms with Crippen molar-refractivity contribution in [2.24, 2.45) is 0 Å². The predicted octanol–water partition coefficient (Wildman–Crippen LogP) is 3.30. The van der Waals surface area contributed by atoms with Gasteiger partial charge in [0.2, 0.25) is 5.91 Å². The number of carboxylic acids is 1. The van der Waals surface area contributed by atoms with Crippen molar-refractivity contribution in [2.75, 3.05) is 20.3 Å². The molecular formula is C25H30N2O6. The van der Waals surface area contributed by atoms with Crippen molar-refractivity contribution >= 4 is 18.0 Å². The first-order valence-electron chi connectivity index (χ1n) is 11.1. The van der Waals surface area contributed by atoms with E-state index < -0.39 is 30.1 Å². The Morgan fingerprint density at radius 2 is 1.61 bits per heavy atom. The standard InChI is InChI=1S/C25H30N2O6/c1-3-8-16(13-23(28)27-22(15-32-2)24(29)30)26-25(31)33-14-21-19-11-6-4-9-17(19)18-10-5-7-12-20(18)21/h4-7,9-12,16,21-22H,3,8,13-15H2,1-2H3,(H,26,31)(H,27,28)(H,29,30)/t16-,22?/m0/s1. The minimum atomic E-state index is -1.18. The maximum Gasteiger partial charge on any atom is 0.407 e. The lowest BCUT2D eigenvalue weighted by Gasteiger charge is -2.20. The van der Waals surface area contributed by atoms with E-state index in [4.69, 9.17) is 14.6 Å². The molecule has 2 aromatic carbocycles. The van der Waals surface area contributed by atoms with E-state index >= 15 is 0 Å². The molecule has 8 nitrogen and oxygen atoms in total. The minimum absolute atomic E-state index is 0.0501. The largest absolute Gasteiger partial charge is 0.480 e. The van der Waals surface area contributed by atoms with Crippen molar-refractivity contribution in [3.63, 3.8) is 0 Å². The van der Waals surface area contributed by atoms with Crippen LogP contribution in [0.2, 0.25) is 0 Å². The third-order valence-electron chi connectivity index (χ3n) is 5.70. The molecule has 0 aromatic heterocycles. The molecule has 8 heteroatoms. The maximum atomic E-state index is 12.5. The van der Waals surface area contributed by atoms with E-state index in [0.29, 0.717) is 6.42 Å². The molecule has 2 atom stereocenters. The number of alkyl carbamates (subject to hydrolysis) is 1. The molecule has 0 aliphatic heterocycles. The molecule has 0 saturated heterocycles. The Morgan fingerprint density at radius 3 is 2.15 bits per heavy atom. The van der Waals surface area contributed by atoms with Crippen LogP contribution in [0.4, 0.5) is 4.79 Å². The fourth-order valence-corrected chi connectivity index (χ4v) is 4.20. The molecule has 0 heterocycles.